The van der Waals surface area contributed by atoms with Gasteiger partial charge in [0.15, 0.2) is 0 Å². The minimum Gasteiger partial charge on any atom is -0.435 e. The van der Waals surface area contributed by atoms with Crippen LogP contribution in [0.1, 0.15) is 15.9 Å². The smallest absolute Gasteiger partial charge is 0.387 e. The molecule has 0 aliphatic heterocycles. The molecule has 0 aliphatic rings. The third kappa shape index (κ3) is 4.64. The van der Waals surface area contributed by atoms with Crippen molar-refractivity contribution in [2.45, 2.75) is 6.61 Å². The Kier molecular flexibility index (Phi) is 4.92. The zero-order chi connectivity index (χ0) is 15.1. The Labute approximate surface area is 119 Å². The molecule has 0 fully saturated rings. The molecular formula is C14H11F2N3O2. The topological polar surface area (TPSA) is 63.6 Å². The lowest BCUT2D eigenvalue weighted by molar-refractivity contribution is -0.0498. The second-order valence-electron chi connectivity index (χ2n) is 3.88. The molecule has 0 atom stereocenters. The van der Waals surface area contributed by atoms with E-state index >= 15 is 0 Å². The van der Waals surface area contributed by atoms with E-state index in [0.29, 0.717) is 11.1 Å². The van der Waals surface area contributed by atoms with Crippen LogP contribution in [0.4, 0.5) is 8.78 Å². The normalized spacial score (nSPS) is 10.8. The summed E-state index contributed by atoms with van der Waals surface area (Å²) in [4.78, 5) is 15.5. The average Bonchev–Trinajstić information content (AvgIpc) is 2.49. The molecule has 5 nitrogen and oxygen atoms in total. The van der Waals surface area contributed by atoms with E-state index in [-0.39, 0.29) is 11.7 Å². The van der Waals surface area contributed by atoms with Crippen LogP contribution in [0.5, 0.6) is 5.75 Å². The van der Waals surface area contributed by atoms with Crippen LogP contribution in [0.3, 0.4) is 0 Å². The molecule has 1 amide bonds. The number of nitrogens with one attached hydrogen (secondary N) is 1. The fourth-order valence-corrected chi connectivity index (χ4v) is 1.47. The first-order valence-corrected chi connectivity index (χ1v) is 5.93. The minimum atomic E-state index is -2.86. The number of pyridine rings is 1. The summed E-state index contributed by atoms with van der Waals surface area (Å²) in [6.07, 6.45) is 4.39. The number of alkyl halides is 2. The zero-order valence-electron chi connectivity index (χ0n) is 10.7. The van der Waals surface area contributed by atoms with Gasteiger partial charge in [-0.3, -0.25) is 9.78 Å². The maximum absolute atomic E-state index is 12.0. The average molecular weight is 291 g/mol. The number of hydrazone groups is 1. The third-order valence-electron chi connectivity index (χ3n) is 2.43. The van der Waals surface area contributed by atoms with Gasteiger partial charge in [-0.25, -0.2) is 5.43 Å². The van der Waals surface area contributed by atoms with Crippen LogP contribution < -0.4 is 10.2 Å². The monoisotopic (exact) mass is 291 g/mol. The Bertz CT molecular complexity index is 616. The molecule has 2 rings (SSSR count). The van der Waals surface area contributed by atoms with Gasteiger partial charge in [0.05, 0.1) is 6.21 Å². The lowest BCUT2D eigenvalue weighted by Gasteiger charge is -2.03. The highest BCUT2D eigenvalue weighted by Gasteiger charge is 2.03. The lowest BCUT2D eigenvalue weighted by Crippen LogP contribution is -2.17. The molecule has 1 aromatic carbocycles. The number of carbonyl (C=O) groups excluding carboxylic acids is 1. The van der Waals surface area contributed by atoms with Gasteiger partial charge in [0, 0.05) is 18.0 Å². The van der Waals surface area contributed by atoms with Crippen molar-refractivity contribution < 1.29 is 18.3 Å². The van der Waals surface area contributed by atoms with Crippen molar-refractivity contribution in [3.8, 4) is 5.75 Å². The zero-order valence-corrected chi connectivity index (χ0v) is 10.7. The number of carbonyl (C=O) groups is 1. The summed E-state index contributed by atoms with van der Waals surface area (Å²) in [5.74, 6) is -0.311. The van der Waals surface area contributed by atoms with Crippen LogP contribution in [0.15, 0.2) is 53.9 Å². The quantitative estimate of drug-likeness (QED) is 0.680. The fourth-order valence-electron chi connectivity index (χ4n) is 1.47. The highest BCUT2D eigenvalue weighted by atomic mass is 19.3. The van der Waals surface area contributed by atoms with Crippen molar-refractivity contribution in [3.63, 3.8) is 0 Å². The first-order chi connectivity index (χ1) is 10.1. The number of amides is 1. The van der Waals surface area contributed by atoms with Gasteiger partial charge in [0.25, 0.3) is 5.91 Å². The van der Waals surface area contributed by atoms with Gasteiger partial charge in [-0.2, -0.15) is 13.9 Å². The summed E-state index contributed by atoms with van der Waals surface area (Å²) in [5, 5.41) is 3.77. The van der Waals surface area contributed by atoms with Crippen LogP contribution in [0, 0.1) is 0 Å². The van der Waals surface area contributed by atoms with Gasteiger partial charge in [-0.1, -0.05) is 0 Å². The van der Waals surface area contributed by atoms with Crippen molar-refractivity contribution in [3.05, 3.63) is 59.9 Å². The van der Waals surface area contributed by atoms with Crippen LogP contribution in [-0.4, -0.2) is 23.7 Å². The van der Waals surface area contributed by atoms with Crippen molar-refractivity contribution in [2.75, 3.05) is 0 Å². The van der Waals surface area contributed by atoms with Gasteiger partial charge in [0.1, 0.15) is 5.75 Å². The van der Waals surface area contributed by atoms with Crippen LogP contribution in [0.2, 0.25) is 0 Å². The Morgan fingerprint density at radius 3 is 2.48 bits per heavy atom. The first-order valence-electron chi connectivity index (χ1n) is 5.93. The highest BCUT2D eigenvalue weighted by molar-refractivity contribution is 5.94. The molecule has 0 saturated carbocycles. The standard InChI is InChI=1S/C14H11F2N3O2/c15-14(16)21-12-3-1-10(2-4-12)9-18-19-13(20)11-5-7-17-8-6-11/h1-9,14H,(H,19,20). The third-order valence-corrected chi connectivity index (χ3v) is 2.43. The van der Waals surface area contributed by atoms with E-state index in [0.717, 1.165) is 0 Å². The molecule has 1 heterocycles. The van der Waals surface area contributed by atoms with E-state index in [4.69, 9.17) is 0 Å². The molecule has 0 bridgehead atoms. The SMILES string of the molecule is O=C(NN=Cc1ccc(OC(F)F)cc1)c1ccncc1. The Morgan fingerprint density at radius 1 is 1.19 bits per heavy atom. The largest absolute Gasteiger partial charge is 0.435 e. The second-order valence-corrected chi connectivity index (χ2v) is 3.88. The fraction of sp³-hybridized carbons (Fsp3) is 0.0714. The predicted octanol–water partition coefficient (Wildman–Crippen LogP) is 2.45. The molecule has 1 aromatic heterocycles. The number of benzene rings is 1. The molecule has 108 valence electrons. The van der Waals surface area contributed by atoms with Crippen molar-refractivity contribution in [2.24, 2.45) is 5.10 Å². The number of hydrogen-bond acceptors (Lipinski definition) is 4. The van der Waals surface area contributed by atoms with Crippen molar-refractivity contribution in [1.82, 2.24) is 10.4 Å². The Balaban J connectivity index is 1.91. The molecule has 0 radical (unpaired) electrons. The van der Waals surface area contributed by atoms with Crippen LogP contribution in [-0.2, 0) is 0 Å². The van der Waals surface area contributed by atoms with Gasteiger partial charge < -0.3 is 4.74 Å². The lowest BCUT2D eigenvalue weighted by atomic mass is 10.2. The molecule has 0 aliphatic carbocycles. The number of rotatable bonds is 5. The molecule has 2 aromatic rings. The Morgan fingerprint density at radius 2 is 1.86 bits per heavy atom. The van der Waals surface area contributed by atoms with E-state index in [2.05, 4.69) is 20.2 Å². The van der Waals surface area contributed by atoms with Gasteiger partial charge >= 0.3 is 6.61 Å². The molecule has 1 N–H and O–H groups in total. The molecular weight excluding hydrogens is 280 g/mol. The summed E-state index contributed by atoms with van der Waals surface area (Å²) in [6, 6.07) is 8.97. The van der Waals surface area contributed by atoms with E-state index < -0.39 is 6.61 Å². The predicted molar refractivity (Wildman–Crippen MR) is 72.4 cm³/mol. The number of ether oxygens (including phenoxy) is 1. The van der Waals surface area contributed by atoms with Crippen LogP contribution in [0.25, 0.3) is 0 Å². The van der Waals surface area contributed by atoms with E-state index in [9.17, 15) is 13.6 Å². The second kappa shape index (κ2) is 7.09. The summed E-state index contributed by atoms with van der Waals surface area (Å²) < 4.78 is 28.2. The highest BCUT2D eigenvalue weighted by Crippen LogP contribution is 2.13. The summed E-state index contributed by atoms with van der Waals surface area (Å²) in [7, 11) is 0. The molecule has 0 saturated heterocycles. The van der Waals surface area contributed by atoms with Gasteiger partial charge in [0.2, 0.25) is 0 Å². The Hall–Kier alpha value is -2.83. The van der Waals surface area contributed by atoms with E-state index in [1.807, 2.05) is 0 Å². The van der Waals surface area contributed by atoms with Crippen molar-refractivity contribution in [1.29, 1.82) is 0 Å². The number of halogens is 2. The van der Waals surface area contributed by atoms with E-state index in [1.54, 1.807) is 24.3 Å². The molecule has 0 spiro atoms. The number of aromatic nitrogens is 1. The summed E-state index contributed by atoms with van der Waals surface area (Å²) in [6.45, 7) is -2.86. The maximum atomic E-state index is 12.0. The maximum Gasteiger partial charge on any atom is 0.387 e. The summed E-state index contributed by atoms with van der Waals surface area (Å²) in [5.41, 5.74) is 3.41. The number of hydrogen-bond donors (Lipinski definition) is 1. The summed E-state index contributed by atoms with van der Waals surface area (Å²) >= 11 is 0. The van der Waals surface area contributed by atoms with Crippen LogP contribution >= 0.6 is 0 Å². The molecule has 0 unspecified atom stereocenters. The van der Waals surface area contributed by atoms with Crippen molar-refractivity contribution >= 4 is 12.1 Å². The van der Waals surface area contributed by atoms with Gasteiger partial charge in [-0.05, 0) is 42.0 Å². The first kappa shape index (κ1) is 14.6. The number of nitrogens with zero attached hydrogens (tertiary/aromatic N) is 2. The minimum absolute atomic E-state index is 0.0583. The van der Waals surface area contributed by atoms with E-state index in [1.165, 1.54) is 30.7 Å². The van der Waals surface area contributed by atoms with Gasteiger partial charge in [-0.15, -0.1) is 0 Å². The molecule has 21 heavy (non-hydrogen) atoms. The molecule has 7 heteroatoms.